The summed E-state index contributed by atoms with van der Waals surface area (Å²) >= 11 is 0. The zero-order valence-electron chi connectivity index (χ0n) is 9.74. The van der Waals surface area contributed by atoms with Gasteiger partial charge in [-0.3, -0.25) is 4.79 Å². The summed E-state index contributed by atoms with van der Waals surface area (Å²) in [7, 11) is 0. The lowest BCUT2D eigenvalue weighted by atomic mass is 9.91. The Morgan fingerprint density at radius 2 is 2.12 bits per heavy atom. The summed E-state index contributed by atoms with van der Waals surface area (Å²) in [5.41, 5.74) is 0. The van der Waals surface area contributed by atoms with E-state index in [1.807, 2.05) is 0 Å². The fourth-order valence-electron chi connectivity index (χ4n) is 2.90. The van der Waals surface area contributed by atoms with Crippen molar-refractivity contribution < 1.29 is 9.90 Å². The summed E-state index contributed by atoms with van der Waals surface area (Å²) in [6.07, 6.45) is 6.02. The van der Waals surface area contributed by atoms with E-state index in [1.54, 1.807) is 0 Å². The number of carbonyl (C=O) groups is 1. The molecule has 0 spiro atoms. The second kappa shape index (κ2) is 5.64. The topological polar surface area (TPSA) is 61.4 Å². The molecule has 3 N–H and O–H groups in total. The molecule has 0 radical (unpaired) electrons. The van der Waals surface area contributed by atoms with Crippen molar-refractivity contribution in [1.82, 2.24) is 10.6 Å². The number of carboxylic acid groups (broad SMARTS) is 1. The van der Waals surface area contributed by atoms with Gasteiger partial charge in [0.1, 0.15) is 0 Å². The van der Waals surface area contributed by atoms with Crippen LogP contribution >= 0.6 is 0 Å². The lowest BCUT2D eigenvalue weighted by Crippen LogP contribution is -2.38. The molecule has 2 unspecified atom stereocenters. The second-order valence-electron chi connectivity index (χ2n) is 5.09. The number of hydrogen-bond donors (Lipinski definition) is 3. The van der Waals surface area contributed by atoms with Gasteiger partial charge in [0, 0.05) is 12.6 Å². The average molecular weight is 226 g/mol. The number of rotatable bonds is 5. The first-order chi connectivity index (χ1) is 7.77. The molecule has 92 valence electrons. The van der Waals surface area contributed by atoms with E-state index in [1.165, 1.54) is 25.7 Å². The van der Waals surface area contributed by atoms with Crippen LogP contribution in [0.15, 0.2) is 0 Å². The van der Waals surface area contributed by atoms with Gasteiger partial charge >= 0.3 is 5.97 Å². The van der Waals surface area contributed by atoms with Crippen LogP contribution in [0.25, 0.3) is 0 Å². The summed E-state index contributed by atoms with van der Waals surface area (Å²) < 4.78 is 0. The maximum Gasteiger partial charge on any atom is 0.308 e. The third kappa shape index (κ3) is 2.95. The fraction of sp³-hybridized carbons (Fsp3) is 0.917. The number of hydrogen-bond acceptors (Lipinski definition) is 3. The van der Waals surface area contributed by atoms with Crippen LogP contribution in [0.3, 0.4) is 0 Å². The number of nitrogens with one attached hydrogen (secondary N) is 2. The molecule has 1 aliphatic carbocycles. The van der Waals surface area contributed by atoms with Gasteiger partial charge in [0.2, 0.25) is 0 Å². The lowest BCUT2D eigenvalue weighted by molar-refractivity contribution is -0.143. The molecule has 2 aliphatic rings. The van der Waals surface area contributed by atoms with Crippen LogP contribution in [0.4, 0.5) is 0 Å². The van der Waals surface area contributed by atoms with Gasteiger partial charge in [-0.1, -0.05) is 12.8 Å². The first kappa shape index (κ1) is 11.9. The van der Waals surface area contributed by atoms with Crippen molar-refractivity contribution >= 4 is 5.97 Å². The maximum absolute atomic E-state index is 11.2. The highest BCUT2D eigenvalue weighted by atomic mass is 16.4. The molecule has 4 heteroatoms. The normalized spacial score (nSPS) is 28.4. The van der Waals surface area contributed by atoms with E-state index in [0.29, 0.717) is 18.5 Å². The highest BCUT2D eigenvalue weighted by molar-refractivity contribution is 5.70. The minimum Gasteiger partial charge on any atom is -0.481 e. The van der Waals surface area contributed by atoms with E-state index in [-0.39, 0.29) is 5.92 Å². The fourth-order valence-corrected chi connectivity index (χ4v) is 2.90. The van der Waals surface area contributed by atoms with E-state index in [4.69, 9.17) is 0 Å². The first-order valence-electron chi connectivity index (χ1n) is 6.44. The zero-order chi connectivity index (χ0) is 11.4. The molecule has 1 saturated carbocycles. The SMILES string of the molecule is O=C(O)C(CNC1CCCC1)C1CCNC1. The largest absolute Gasteiger partial charge is 0.481 e. The van der Waals surface area contributed by atoms with Crippen molar-refractivity contribution in [2.45, 2.75) is 38.1 Å². The predicted molar refractivity (Wildman–Crippen MR) is 62.4 cm³/mol. The Hall–Kier alpha value is -0.610. The number of aliphatic carboxylic acids is 1. The van der Waals surface area contributed by atoms with Crippen molar-refractivity contribution in [3.8, 4) is 0 Å². The van der Waals surface area contributed by atoms with Gasteiger partial charge in [0.05, 0.1) is 5.92 Å². The van der Waals surface area contributed by atoms with Crippen LogP contribution in [0.5, 0.6) is 0 Å². The van der Waals surface area contributed by atoms with Gasteiger partial charge in [-0.2, -0.15) is 0 Å². The molecular formula is C12H22N2O2. The van der Waals surface area contributed by atoms with Crippen LogP contribution < -0.4 is 10.6 Å². The van der Waals surface area contributed by atoms with Crippen molar-refractivity contribution in [1.29, 1.82) is 0 Å². The minimum absolute atomic E-state index is 0.212. The minimum atomic E-state index is -0.640. The maximum atomic E-state index is 11.2. The third-order valence-electron chi connectivity index (χ3n) is 3.97. The second-order valence-corrected chi connectivity index (χ2v) is 5.09. The molecule has 0 aromatic carbocycles. The Kier molecular flexibility index (Phi) is 4.18. The predicted octanol–water partition coefficient (Wildman–Crippen LogP) is 0.829. The Morgan fingerprint density at radius 1 is 1.38 bits per heavy atom. The van der Waals surface area contributed by atoms with Crippen LogP contribution in [0.2, 0.25) is 0 Å². The van der Waals surface area contributed by atoms with Gasteiger partial charge in [-0.05, 0) is 38.3 Å². The Labute approximate surface area is 96.8 Å². The summed E-state index contributed by atoms with van der Waals surface area (Å²) in [6, 6.07) is 0.566. The van der Waals surface area contributed by atoms with Gasteiger partial charge in [-0.25, -0.2) is 0 Å². The van der Waals surface area contributed by atoms with E-state index in [2.05, 4.69) is 10.6 Å². The third-order valence-corrected chi connectivity index (χ3v) is 3.97. The molecule has 2 rings (SSSR count). The van der Waals surface area contributed by atoms with Crippen LogP contribution in [-0.2, 0) is 4.79 Å². The number of carboxylic acids is 1. The van der Waals surface area contributed by atoms with E-state index in [0.717, 1.165) is 19.5 Å². The molecule has 0 aromatic rings. The van der Waals surface area contributed by atoms with Gasteiger partial charge < -0.3 is 15.7 Å². The van der Waals surface area contributed by atoms with Gasteiger partial charge in [-0.15, -0.1) is 0 Å². The Balaban J connectivity index is 1.79. The molecule has 1 saturated heterocycles. The molecule has 1 aliphatic heterocycles. The molecule has 0 amide bonds. The Bertz CT molecular complexity index is 233. The van der Waals surface area contributed by atoms with Crippen molar-refractivity contribution in [3.63, 3.8) is 0 Å². The average Bonchev–Trinajstić information content (AvgIpc) is 2.88. The molecule has 4 nitrogen and oxygen atoms in total. The Morgan fingerprint density at radius 3 is 2.69 bits per heavy atom. The van der Waals surface area contributed by atoms with Crippen LogP contribution in [0.1, 0.15) is 32.1 Å². The summed E-state index contributed by atoms with van der Waals surface area (Å²) in [4.78, 5) is 11.2. The highest BCUT2D eigenvalue weighted by Gasteiger charge is 2.30. The molecule has 2 atom stereocenters. The molecule has 0 bridgehead atoms. The van der Waals surface area contributed by atoms with Crippen molar-refractivity contribution in [2.75, 3.05) is 19.6 Å². The molecule has 0 aromatic heterocycles. The van der Waals surface area contributed by atoms with Crippen LogP contribution in [-0.4, -0.2) is 36.8 Å². The van der Waals surface area contributed by atoms with Crippen LogP contribution in [0, 0.1) is 11.8 Å². The van der Waals surface area contributed by atoms with Gasteiger partial charge in [0.25, 0.3) is 0 Å². The lowest BCUT2D eigenvalue weighted by Gasteiger charge is -2.21. The quantitative estimate of drug-likeness (QED) is 0.650. The van der Waals surface area contributed by atoms with Crippen molar-refractivity contribution in [2.24, 2.45) is 11.8 Å². The van der Waals surface area contributed by atoms with Crippen molar-refractivity contribution in [3.05, 3.63) is 0 Å². The van der Waals surface area contributed by atoms with E-state index >= 15 is 0 Å². The molecular weight excluding hydrogens is 204 g/mol. The highest BCUT2D eigenvalue weighted by Crippen LogP contribution is 2.21. The first-order valence-corrected chi connectivity index (χ1v) is 6.44. The monoisotopic (exact) mass is 226 g/mol. The molecule has 2 fully saturated rings. The standard InChI is InChI=1S/C12H22N2O2/c15-12(16)11(9-5-6-13-7-9)8-14-10-3-1-2-4-10/h9-11,13-14H,1-8H2,(H,15,16). The van der Waals surface area contributed by atoms with Gasteiger partial charge in [0.15, 0.2) is 0 Å². The molecule has 1 heterocycles. The summed E-state index contributed by atoms with van der Waals surface area (Å²) in [5, 5.41) is 15.9. The van der Waals surface area contributed by atoms with E-state index < -0.39 is 5.97 Å². The van der Waals surface area contributed by atoms with E-state index in [9.17, 15) is 9.90 Å². The smallest absolute Gasteiger partial charge is 0.308 e. The summed E-state index contributed by atoms with van der Waals surface area (Å²) in [6.45, 7) is 2.48. The zero-order valence-corrected chi connectivity index (χ0v) is 9.74. The summed E-state index contributed by atoms with van der Waals surface area (Å²) in [5.74, 6) is -0.541. The molecule has 16 heavy (non-hydrogen) atoms.